The number of rotatable bonds is 2. The average molecular weight is 326 g/mol. The molecule has 0 aliphatic carbocycles. The molecule has 2 aliphatic heterocycles. The summed E-state index contributed by atoms with van der Waals surface area (Å²) >= 11 is 3.63. The molecule has 3 nitrogen and oxygen atoms in total. The highest BCUT2D eigenvalue weighted by Gasteiger charge is 2.40. The van der Waals surface area contributed by atoms with Gasteiger partial charge in [-0.2, -0.15) is 0 Å². The smallest absolute Gasteiger partial charge is 0.0762 e. The Balaban J connectivity index is 1.91. The third kappa shape index (κ3) is 2.41. The van der Waals surface area contributed by atoms with Crippen molar-refractivity contribution >= 4 is 21.6 Å². The van der Waals surface area contributed by atoms with Crippen molar-refractivity contribution in [2.45, 2.75) is 56.9 Å². The SMILES string of the molecule is C[C@H](O)c1ccc(N2C3CCC2CC(O)C3)c(Br)c1. The van der Waals surface area contributed by atoms with Crippen LogP contribution < -0.4 is 4.90 Å². The van der Waals surface area contributed by atoms with E-state index in [4.69, 9.17) is 0 Å². The van der Waals surface area contributed by atoms with E-state index in [1.807, 2.05) is 12.1 Å². The summed E-state index contributed by atoms with van der Waals surface area (Å²) in [5, 5.41) is 19.5. The number of aliphatic hydroxyl groups is 2. The third-order valence-electron chi connectivity index (χ3n) is 4.44. The molecule has 104 valence electrons. The minimum Gasteiger partial charge on any atom is -0.393 e. The van der Waals surface area contributed by atoms with Crippen molar-refractivity contribution in [3.8, 4) is 0 Å². The highest BCUT2D eigenvalue weighted by atomic mass is 79.9. The predicted molar refractivity (Wildman–Crippen MR) is 79.3 cm³/mol. The zero-order chi connectivity index (χ0) is 13.6. The van der Waals surface area contributed by atoms with Crippen molar-refractivity contribution in [2.75, 3.05) is 4.90 Å². The third-order valence-corrected chi connectivity index (χ3v) is 5.08. The van der Waals surface area contributed by atoms with Gasteiger partial charge >= 0.3 is 0 Å². The topological polar surface area (TPSA) is 43.7 Å². The molecule has 0 amide bonds. The summed E-state index contributed by atoms with van der Waals surface area (Å²) in [5.41, 5.74) is 2.13. The van der Waals surface area contributed by atoms with Gasteiger partial charge in [-0.15, -0.1) is 0 Å². The fourth-order valence-electron chi connectivity index (χ4n) is 3.53. The van der Waals surface area contributed by atoms with Crippen LogP contribution in [0.15, 0.2) is 22.7 Å². The van der Waals surface area contributed by atoms with E-state index in [0.29, 0.717) is 12.1 Å². The molecule has 0 radical (unpaired) electrons. The summed E-state index contributed by atoms with van der Waals surface area (Å²) in [6, 6.07) is 7.01. The van der Waals surface area contributed by atoms with E-state index in [0.717, 1.165) is 22.9 Å². The lowest BCUT2D eigenvalue weighted by molar-refractivity contribution is 0.126. The van der Waals surface area contributed by atoms with Crippen molar-refractivity contribution < 1.29 is 10.2 Å². The van der Waals surface area contributed by atoms with Gasteiger partial charge in [0.15, 0.2) is 0 Å². The minimum atomic E-state index is -0.440. The molecule has 2 bridgehead atoms. The van der Waals surface area contributed by atoms with E-state index in [1.54, 1.807) is 6.92 Å². The summed E-state index contributed by atoms with van der Waals surface area (Å²) in [5.74, 6) is 0. The van der Waals surface area contributed by atoms with E-state index < -0.39 is 6.10 Å². The lowest BCUT2D eigenvalue weighted by Gasteiger charge is -2.39. The predicted octanol–water partition coefficient (Wildman–Crippen LogP) is 2.99. The second-order valence-electron chi connectivity index (χ2n) is 5.80. The van der Waals surface area contributed by atoms with Crippen LogP contribution in [0.1, 0.15) is 44.3 Å². The Kier molecular flexibility index (Phi) is 3.58. The fourth-order valence-corrected chi connectivity index (χ4v) is 4.14. The molecule has 1 aromatic rings. The summed E-state index contributed by atoms with van der Waals surface area (Å²) < 4.78 is 1.04. The van der Waals surface area contributed by atoms with Crippen LogP contribution in [0.5, 0.6) is 0 Å². The lowest BCUT2D eigenvalue weighted by Crippen LogP contribution is -2.45. The Morgan fingerprint density at radius 2 is 1.89 bits per heavy atom. The van der Waals surface area contributed by atoms with Crippen molar-refractivity contribution in [3.05, 3.63) is 28.2 Å². The first-order valence-electron chi connectivity index (χ1n) is 7.00. The Labute approximate surface area is 122 Å². The van der Waals surface area contributed by atoms with Gasteiger partial charge in [-0.05, 0) is 66.2 Å². The van der Waals surface area contributed by atoms with Crippen LogP contribution in [-0.4, -0.2) is 28.4 Å². The number of anilines is 1. The Hall–Kier alpha value is -0.580. The van der Waals surface area contributed by atoms with E-state index in [2.05, 4.69) is 26.9 Å². The number of hydrogen-bond donors (Lipinski definition) is 2. The van der Waals surface area contributed by atoms with Gasteiger partial charge in [-0.3, -0.25) is 0 Å². The van der Waals surface area contributed by atoms with Gasteiger partial charge in [0.05, 0.1) is 17.9 Å². The molecule has 0 saturated carbocycles. The van der Waals surface area contributed by atoms with Crippen LogP contribution in [0.25, 0.3) is 0 Å². The molecule has 4 heteroatoms. The zero-order valence-corrected chi connectivity index (χ0v) is 12.7. The molecule has 3 rings (SSSR count). The zero-order valence-electron chi connectivity index (χ0n) is 11.1. The summed E-state index contributed by atoms with van der Waals surface area (Å²) in [6.07, 6.45) is 3.52. The van der Waals surface area contributed by atoms with Crippen molar-refractivity contribution in [1.82, 2.24) is 0 Å². The van der Waals surface area contributed by atoms with E-state index >= 15 is 0 Å². The van der Waals surface area contributed by atoms with Crippen LogP contribution >= 0.6 is 15.9 Å². The van der Waals surface area contributed by atoms with E-state index in [-0.39, 0.29) is 6.10 Å². The molecule has 2 saturated heterocycles. The molecule has 3 atom stereocenters. The van der Waals surface area contributed by atoms with Gasteiger partial charge in [0.2, 0.25) is 0 Å². The van der Waals surface area contributed by atoms with E-state index in [1.165, 1.54) is 18.5 Å². The molecule has 2 fully saturated rings. The van der Waals surface area contributed by atoms with Gasteiger partial charge in [-0.1, -0.05) is 6.07 Å². The summed E-state index contributed by atoms with van der Waals surface area (Å²) in [6.45, 7) is 1.78. The van der Waals surface area contributed by atoms with Crippen molar-refractivity contribution in [2.24, 2.45) is 0 Å². The normalized spacial score (nSPS) is 31.6. The van der Waals surface area contributed by atoms with Crippen LogP contribution in [-0.2, 0) is 0 Å². The Morgan fingerprint density at radius 1 is 1.26 bits per heavy atom. The average Bonchev–Trinajstić information content (AvgIpc) is 2.62. The number of halogens is 1. The maximum Gasteiger partial charge on any atom is 0.0762 e. The van der Waals surface area contributed by atoms with Crippen molar-refractivity contribution in [1.29, 1.82) is 0 Å². The fraction of sp³-hybridized carbons (Fsp3) is 0.600. The highest BCUT2D eigenvalue weighted by molar-refractivity contribution is 9.10. The molecule has 19 heavy (non-hydrogen) atoms. The first-order valence-corrected chi connectivity index (χ1v) is 7.79. The Bertz CT molecular complexity index is 463. The Morgan fingerprint density at radius 3 is 2.42 bits per heavy atom. The van der Waals surface area contributed by atoms with Crippen molar-refractivity contribution in [3.63, 3.8) is 0 Å². The number of hydrogen-bond acceptors (Lipinski definition) is 3. The first-order chi connectivity index (χ1) is 9.06. The quantitative estimate of drug-likeness (QED) is 0.878. The maximum atomic E-state index is 9.87. The summed E-state index contributed by atoms with van der Waals surface area (Å²) in [7, 11) is 0. The standard InChI is InChI=1S/C15H20BrNO2/c1-9(18)10-2-5-15(14(16)6-10)17-11-3-4-12(17)8-13(19)7-11/h2,5-6,9,11-13,18-19H,3-4,7-8H2,1H3/t9-,11?,12?,13?/m0/s1. The molecule has 0 spiro atoms. The number of fused-ring (bicyclic) bond motifs is 2. The van der Waals surface area contributed by atoms with Crippen LogP contribution in [0.3, 0.4) is 0 Å². The molecule has 0 aromatic heterocycles. The molecule has 2 aliphatic rings. The highest BCUT2D eigenvalue weighted by Crippen LogP contribution is 2.42. The van der Waals surface area contributed by atoms with Gasteiger partial charge in [0.1, 0.15) is 0 Å². The van der Waals surface area contributed by atoms with Crippen LogP contribution in [0, 0.1) is 0 Å². The molecule has 2 unspecified atom stereocenters. The molecular formula is C15H20BrNO2. The molecular weight excluding hydrogens is 306 g/mol. The molecule has 1 aromatic carbocycles. The number of benzene rings is 1. The maximum absolute atomic E-state index is 9.87. The van der Waals surface area contributed by atoms with Gasteiger partial charge in [-0.25, -0.2) is 0 Å². The van der Waals surface area contributed by atoms with Crippen LogP contribution in [0.4, 0.5) is 5.69 Å². The largest absolute Gasteiger partial charge is 0.393 e. The number of aliphatic hydroxyl groups excluding tert-OH is 2. The lowest BCUT2D eigenvalue weighted by atomic mass is 9.98. The second kappa shape index (κ2) is 5.08. The van der Waals surface area contributed by atoms with Gasteiger partial charge < -0.3 is 15.1 Å². The summed E-state index contributed by atoms with van der Waals surface area (Å²) in [4.78, 5) is 2.46. The monoisotopic (exact) mass is 325 g/mol. The van der Waals surface area contributed by atoms with Crippen LogP contribution in [0.2, 0.25) is 0 Å². The second-order valence-corrected chi connectivity index (χ2v) is 6.66. The first kappa shape index (κ1) is 13.4. The minimum absolute atomic E-state index is 0.135. The molecule has 2 N–H and O–H groups in total. The van der Waals surface area contributed by atoms with Gasteiger partial charge in [0, 0.05) is 16.6 Å². The number of piperidine rings is 1. The van der Waals surface area contributed by atoms with E-state index in [9.17, 15) is 10.2 Å². The molecule has 2 heterocycles. The van der Waals surface area contributed by atoms with Gasteiger partial charge in [0.25, 0.3) is 0 Å². The number of nitrogens with zero attached hydrogens (tertiary/aromatic N) is 1.